The highest BCUT2D eigenvalue weighted by Gasteiger charge is 2.29. The van der Waals surface area contributed by atoms with Crippen LogP contribution in [0.4, 0.5) is 4.39 Å². The standard InChI is InChI=1S/C20H23FN2O3/c1-13-3-4-15(11-17(13)21)12-22-19(24)16-5-8-23(9-6-16)20(25)18-14(2)7-10-26-18/h3-4,7,10-11,16H,5-6,8-9,12H2,1-2H3,(H,22,24). The zero-order valence-electron chi connectivity index (χ0n) is 15.0. The van der Waals surface area contributed by atoms with E-state index in [9.17, 15) is 14.0 Å². The van der Waals surface area contributed by atoms with Gasteiger partial charge in [-0.15, -0.1) is 0 Å². The van der Waals surface area contributed by atoms with Crippen LogP contribution in [-0.2, 0) is 11.3 Å². The summed E-state index contributed by atoms with van der Waals surface area (Å²) in [7, 11) is 0. The molecular formula is C20H23FN2O3. The van der Waals surface area contributed by atoms with E-state index in [1.165, 1.54) is 12.3 Å². The Bertz CT molecular complexity index is 807. The molecule has 2 aromatic rings. The van der Waals surface area contributed by atoms with Crippen LogP contribution in [-0.4, -0.2) is 29.8 Å². The molecule has 6 heteroatoms. The van der Waals surface area contributed by atoms with Gasteiger partial charge < -0.3 is 14.6 Å². The Labute approximate surface area is 152 Å². The summed E-state index contributed by atoms with van der Waals surface area (Å²) in [5.41, 5.74) is 2.14. The van der Waals surface area contributed by atoms with Crippen molar-refractivity contribution in [2.45, 2.75) is 33.2 Å². The molecule has 138 valence electrons. The van der Waals surface area contributed by atoms with Gasteiger partial charge >= 0.3 is 0 Å². The molecule has 1 aliphatic heterocycles. The maximum Gasteiger partial charge on any atom is 0.289 e. The van der Waals surface area contributed by atoms with E-state index in [0.717, 1.165) is 11.1 Å². The number of likely N-dealkylation sites (tertiary alicyclic amines) is 1. The minimum atomic E-state index is -0.267. The highest BCUT2D eigenvalue weighted by Crippen LogP contribution is 2.21. The maximum atomic E-state index is 13.6. The lowest BCUT2D eigenvalue weighted by molar-refractivity contribution is -0.126. The summed E-state index contributed by atoms with van der Waals surface area (Å²) in [5, 5.41) is 2.87. The van der Waals surface area contributed by atoms with Crippen molar-refractivity contribution in [1.82, 2.24) is 10.2 Å². The highest BCUT2D eigenvalue weighted by molar-refractivity contribution is 5.93. The fourth-order valence-corrected chi connectivity index (χ4v) is 3.16. The quantitative estimate of drug-likeness (QED) is 0.913. The second-order valence-electron chi connectivity index (χ2n) is 6.80. The van der Waals surface area contributed by atoms with Crippen molar-refractivity contribution < 1.29 is 18.4 Å². The van der Waals surface area contributed by atoms with Crippen LogP contribution in [0, 0.1) is 25.6 Å². The number of halogens is 1. The molecule has 2 heterocycles. The summed E-state index contributed by atoms with van der Waals surface area (Å²) in [6, 6.07) is 6.73. The molecule has 0 saturated carbocycles. The third-order valence-electron chi connectivity index (χ3n) is 4.91. The van der Waals surface area contributed by atoms with Crippen LogP contribution in [0.5, 0.6) is 0 Å². The van der Waals surface area contributed by atoms with Gasteiger partial charge in [0.15, 0.2) is 5.76 Å². The topological polar surface area (TPSA) is 62.6 Å². The number of hydrogen-bond donors (Lipinski definition) is 1. The predicted octanol–water partition coefficient (Wildman–Crippen LogP) is 3.20. The Kier molecular flexibility index (Phi) is 5.40. The molecule has 1 N–H and O–H groups in total. The van der Waals surface area contributed by atoms with Gasteiger partial charge in [0.25, 0.3) is 5.91 Å². The van der Waals surface area contributed by atoms with Gasteiger partial charge in [0.2, 0.25) is 5.91 Å². The Morgan fingerprint density at radius 2 is 1.92 bits per heavy atom. The molecule has 1 aliphatic rings. The summed E-state index contributed by atoms with van der Waals surface area (Å²) in [6.07, 6.45) is 2.73. The van der Waals surface area contributed by atoms with Crippen molar-refractivity contribution in [3.05, 3.63) is 58.8 Å². The fourth-order valence-electron chi connectivity index (χ4n) is 3.16. The molecule has 0 spiro atoms. The van der Waals surface area contributed by atoms with E-state index >= 15 is 0 Å². The molecule has 0 bridgehead atoms. The zero-order chi connectivity index (χ0) is 18.7. The van der Waals surface area contributed by atoms with Crippen LogP contribution < -0.4 is 5.32 Å². The molecular weight excluding hydrogens is 335 g/mol. The van der Waals surface area contributed by atoms with Crippen LogP contribution in [0.2, 0.25) is 0 Å². The summed E-state index contributed by atoms with van der Waals surface area (Å²) in [5.74, 6) is -0.202. The van der Waals surface area contributed by atoms with Crippen LogP contribution >= 0.6 is 0 Å². The number of furan rings is 1. The Balaban J connectivity index is 1.49. The van der Waals surface area contributed by atoms with Gasteiger partial charge in [-0.2, -0.15) is 0 Å². The van der Waals surface area contributed by atoms with E-state index in [2.05, 4.69) is 5.32 Å². The van der Waals surface area contributed by atoms with Gasteiger partial charge in [-0.25, -0.2) is 4.39 Å². The first-order chi connectivity index (χ1) is 12.5. The molecule has 1 aromatic heterocycles. The minimum absolute atomic E-state index is 0.0488. The molecule has 3 rings (SSSR count). The third-order valence-corrected chi connectivity index (χ3v) is 4.91. The summed E-state index contributed by atoms with van der Waals surface area (Å²) in [4.78, 5) is 26.5. The lowest BCUT2D eigenvalue weighted by Gasteiger charge is -2.31. The van der Waals surface area contributed by atoms with Crippen LogP contribution in [0.1, 0.15) is 40.1 Å². The first kappa shape index (κ1) is 18.2. The van der Waals surface area contributed by atoms with Crippen molar-refractivity contribution >= 4 is 11.8 Å². The van der Waals surface area contributed by atoms with Gasteiger partial charge in [-0.1, -0.05) is 12.1 Å². The zero-order valence-corrected chi connectivity index (χ0v) is 15.0. The number of aryl methyl sites for hydroxylation is 2. The van der Waals surface area contributed by atoms with E-state index in [4.69, 9.17) is 4.42 Å². The van der Waals surface area contributed by atoms with Crippen molar-refractivity contribution in [3.8, 4) is 0 Å². The number of piperidine rings is 1. The number of nitrogens with one attached hydrogen (secondary N) is 1. The monoisotopic (exact) mass is 358 g/mol. The van der Waals surface area contributed by atoms with E-state index in [1.54, 1.807) is 24.0 Å². The van der Waals surface area contributed by atoms with E-state index in [1.807, 2.05) is 13.0 Å². The number of hydrogen-bond acceptors (Lipinski definition) is 3. The summed E-state index contributed by atoms with van der Waals surface area (Å²) >= 11 is 0. The van der Waals surface area contributed by atoms with Crippen molar-refractivity contribution in [2.75, 3.05) is 13.1 Å². The molecule has 5 nitrogen and oxygen atoms in total. The highest BCUT2D eigenvalue weighted by atomic mass is 19.1. The SMILES string of the molecule is Cc1ccc(CNC(=O)C2CCN(C(=O)c3occc3C)CC2)cc1F. The number of carbonyl (C=O) groups excluding carboxylic acids is 2. The van der Waals surface area contributed by atoms with Crippen molar-refractivity contribution in [3.63, 3.8) is 0 Å². The second kappa shape index (κ2) is 7.72. The Hall–Kier alpha value is -2.63. The largest absolute Gasteiger partial charge is 0.459 e. The fraction of sp³-hybridized carbons (Fsp3) is 0.400. The van der Waals surface area contributed by atoms with E-state index < -0.39 is 0 Å². The molecule has 2 amide bonds. The minimum Gasteiger partial charge on any atom is -0.459 e. The molecule has 1 aromatic carbocycles. The molecule has 0 unspecified atom stereocenters. The number of benzene rings is 1. The predicted molar refractivity (Wildman–Crippen MR) is 95.1 cm³/mol. The van der Waals surface area contributed by atoms with Crippen molar-refractivity contribution in [2.24, 2.45) is 5.92 Å². The Morgan fingerprint density at radius 1 is 1.19 bits per heavy atom. The number of rotatable bonds is 4. The maximum absolute atomic E-state index is 13.6. The average Bonchev–Trinajstić information content (AvgIpc) is 3.08. The van der Waals surface area contributed by atoms with E-state index in [0.29, 0.717) is 43.8 Å². The number of amides is 2. The van der Waals surface area contributed by atoms with Crippen LogP contribution in [0.3, 0.4) is 0 Å². The van der Waals surface area contributed by atoms with Gasteiger partial charge in [0, 0.05) is 31.1 Å². The first-order valence-corrected chi connectivity index (χ1v) is 8.82. The lowest BCUT2D eigenvalue weighted by atomic mass is 9.95. The summed E-state index contributed by atoms with van der Waals surface area (Å²) in [6.45, 7) is 4.90. The van der Waals surface area contributed by atoms with Gasteiger partial charge in [0.1, 0.15) is 5.82 Å². The molecule has 0 atom stereocenters. The smallest absolute Gasteiger partial charge is 0.289 e. The molecule has 0 radical (unpaired) electrons. The first-order valence-electron chi connectivity index (χ1n) is 8.82. The van der Waals surface area contributed by atoms with Crippen LogP contribution in [0.25, 0.3) is 0 Å². The van der Waals surface area contributed by atoms with Gasteiger partial charge in [0.05, 0.1) is 6.26 Å². The van der Waals surface area contributed by atoms with Crippen LogP contribution in [0.15, 0.2) is 34.9 Å². The second-order valence-corrected chi connectivity index (χ2v) is 6.80. The van der Waals surface area contributed by atoms with E-state index in [-0.39, 0.29) is 23.5 Å². The molecule has 1 saturated heterocycles. The normalized spacial score (nSPS) is 15.1. The summed E-state index contributed by atoms with van der Waals surface area (Å²) < 4.78 is 18.8. The van der Waals surface area contributed by atoms with Gasteiger partial charge in [-0.3, -0.25) is 9.59 Å². The van der Waals surface area contributed by atoms with Gasteiger partial charge in [-0.05, 0) is 49.9 Å². The number of carbonyl (C=O) groups is 2. The van der Waals surface area contributed by atoms with Crippen molar-refractivity contribution in [1.29, 1.82) is 0 Å². The lowest BCUT2D eigenvalue weighted by Crippen LogP contribution is -2.43. The Morgan fingerprint density at radius 3 is 2.54 bits per heavy atom. The number of nitrogens with zero attached hydrogens (tertiary/aromatic N) is 1. The molecule has 1 fully saturated rings. The third kappa shape index (κ3) is 3.95. The molecule has 0 aliphatic carbocycles. The average molecular weight is 358 g/mol. The molecule has 26 heavy (non-hydrogen) atoms.